The van der Waals surface area contributed by atoms with Gasteiger partial charge in [0.15, 0.2) is 0 Å². The standard InChI is InChI=1S/C16H24N2O2/c1-5-6-9-18-15(12(3)13(4)16(18)19)17-10-14-8-7-11(2)20-14/h7-8,15,17H,5-6,9-10H2,1-4H3/t15-/m0/s1. The lowest BCUT2D eigenvalue weighted by molar-refractivity contribution is -0.127. The molecule has 4 heteroatoms. The minimum atomic E-state index is -0.000504. The van der Waals surface area contributed by atoms with Crippen molar-refractivity contribution in [3.63, 3.8) is 0 Å². The van der Waals surface area contributed by atoms with Gasteiger partial charge in [0, 0.05) is 12.1 Å². The SMILES string of the molecule is CCCCN1C(=O)C(C)=C(C)[C@H]1NCc1ccc(C)o1. The van der Waals surface area contributed by atoms with Gasteiger partial charge in [0.25, 0.3) is 5.91 Å². The van der Waals surface area contributed by atoms with Gasteiger partial charge in [0.2, 0.25) is 0 Å². The highest BCUT2D eigenvalue weighted by molar-refractivity contribution is 5.96. The van der Waals surface area contributed by atoms with Gasteiger partial charge in [-0.2, -0.15) is 0 Å². The summed E-state index contributed by atoms with van der Waals surface area (Å²) in [5, 5.41) is 3.43. The van der Waals surface area contributed by atoms with Gasteiger partial charge in [-0.3, -0.25) is 10.1 Å². The maximum atomic E-state index is 12.3. The second kappa shape index (κ2) is 6.27. The molecule has 0 spiro atoms. The number of unbranched alkanes of at least 4 members (excludes halogenated alkanes) is 1. The van der Waals surface area contributed by atoms with Gasteiger partial charge in [-0.1, -0.05) is 13.3 Å². The average Bonchev–Trinajstić information content (AvgIpc) is 2.93. The predicted molar refractivity (Wildman–Crippen MR) is 79.1 cm³/mol. The molecule has 2 rings (SSSR count). The average molecular weight is 276 g/mol. The molecule has 4 nitrogen and oxygen atoms in total. The van der Waals surface area contributed by atoms with Crippen molar-refractivity contribution in [1.82, 2.24) is 10.2 Å². The second-order valence-electron chi connectivity index (χ2n) is 5.46. The Morgan fingerprint density at radius 1 is 1.30 bits per heavy atom. The van der Waals surface area contributed by atoms with E-state index < -0.39 is 0 Å². The summed E-state index contributed by atoms with van der Waals surface area (Å²) in [5.74, 6) is 1.97. The number of carbonyl (C=O) groups excluding carboxylic acids is 1. The molecule has 0 aromatic carbocycles. The number of nitrogens with one attached hydrogen (secondary N) is 1. The lowest BCUT2D eigenvalue weighted by atomic mass is 10.1. The summed E-state index contributed by atoms with van der Waals surface area (Å²) in [4.78, 5) is 14.2. The fourth-order valence-corrected chi connectivity index (χ4v) is 2.54. The van der Waals surface area contributed by atoms with E-state index in [0.717, 1.165) is 42.1 Å². The second-order valence-corrected chi connectivity index (χ2v) is 5.46. The fraction of sp³-hybridized carbons (Fsp3) is 0.562. The van der Waals surface area contributed by atoms with Crippen molar-refractivity contribution in [2.24, 2.45) is 0 Å². The highest BCUT2D eigenvalue weighted by Crippen LogP contribution is 2.24. The quantitative estimate of drug-likeness (QED) is 0.868. The largest absolute Gasteiger partial charge is 0.465 e. The van der Waals surface area contributed by atoms with Crippen LogP contribution in [0.5, 0.6) is 0 Å². The van der Waals surface area contributed by atoms with Gasteiger partial charge in [-0.05, 0) is 44.9 Å². The summed E-state index contributed by atoms with van der Waals surface area (Å²) < 4.78 is 5.57. The van der Waals surface area contributed by atoms with Crippen LogP contribution in [0.25, 0.3) is 0 Å². The monoisotopic (exact) mass is 276 g/mol. The Morgan fingerprint density at radius 2 is 2.05 bits per heavy atom. The van der Waals surface area contributed by atoms with Crippen molar-refractivity contribution in [1.29, 1.82) is 0 Å². The zero-order valence-electron chi connectivity index (χ0n) is 12.8. The van der Waals surface area contributed by atoms with Crippen LogP contribution < -0.4 is 5.32 Å². The predicted octanol–water partition coefficient (Wildman–Crippen LogP) is 2.98. The lowest BCUT2D eigenvalue weighted by Crippen LogP contribution is -2.45. The molecule has 1 aromatic rings. The van der Waals surface area contributed by atoms with Crippen molar-refractivity contribution >= 4 is 5.91 Å². The number of nitrogens with zero attached hydrogens (tertiary/aromatic N) is 1. The molecule has 0 unspecified atom stereocenters. The van der Waals surface area contributed by atoms with E-state index in [1.165, 1.54) is 0 Å². The summed E-state index contributed by atoms with van der Waals surface area (Å²) in [5.41, 5.74) is 1.99. The molecule has 1 atom stereocenters. The van der Waals surface area contributed by atoms with Crippen LogP contribution >= 0.6 is 0 Å². The zero-order chi connectivity index (χ0) is 14.7. The summed E-state index contributed by atoms with van der Waals surface area (Å²) in [7, 11) is 0. The highest BCUT2D eigenvalue weighted by Gasteiger charge is 2.33. The van der Waals surface area contributed by atoms with Crippen LogP contribution in [0.3, 0.4) is 0 Å². The Bertz CT molecular complexity index is 516. The number of furan rings is 1. The first-order valence-electron chi connectivity index (χ1n) is 7.31. The number of aryl methyl sites for hydroxylation is 1. The van der Waals surface area contributed by atoms with Gasteiger partial charge in [0.1, 0.15) is 17.7 Å². The van der Waals surface area contributed by atoms with E-state index in [-0.39, 0.29) is 12.1 Å². The molecule has 20 heavy (non-hydrogen) atoms. The number of rotatable bonds is 6. The van der Waals surface area contributed by atoms with Gasteiger partial charge in [-0.25, -0.2) is 0 Å². The van der Waals surface area contributed by atoms with Crippen LogP contribution in [0.1, 0.15) is 45.1 Å². The highest BCUT2D eigenvalue weighted by atomic mass is 16.3. The number of amides is 1. The Balaban J connectivity index is 2.04. The first kappa shape index (κ1) is 14.9. The molecule has 1 aliphatic rings. The van der Waals surface area contributed by atoms with Crippen LogP contribution in [0, 0.1) is 6.92 Å². The molecule has 1 N–H and O–H groups in total. The molecule has 110 valence electrons. The molecule has 0 aliphatic carbocycles. The van der Waals surface area contributed by atoms with Gasteiger partial charge in [0.05, 0.1) is 6.54 Å². The minimum Gasteiger partial charge on any atom is -0.465 e. The number of hydrogen-bond donors (Lipinski definition) is 1. The molecular weight excluding hydrogens is 252 g/mol. The Labute approximate surface area is 120 Å². The van der Waals surface area contributed by atoms with E-state index in [1.54, 1.807) is 0 Å². The molecule has 0 fully saturated rings. The van der Waals surface area contributed by atoms with Crippen LogP contribution in [0.2, 0.25) is 0 Å². The first-order chi connectivity index (χ1) is 9.54. The Hall–Kier alpha value is -1.55. The summed E-state index contributed by atoms with van der Waals surface area (Å²) in [6.45, 7) is 9.46. The molecule has 0 bridgehead atoms. The third-order valence-corrected chi connectivity index (χ3v) is 3.91. The molecular formula is C16H24N2O2. The van der Waals surface area contributed by atoms with Crippen molar-refractivity contribution in [2.45, 2.75) is 53.2 Å². The van der Waals surface area contributed by atoms with Crippen molar-refractivity contribution in [2.75, 3.05) is 6.54 Å². The third-order valence-electron chi connectivity index (χ3n) is 3.91. The first-order valence-corrected chi connectivity index (χ1v) is 7.31. The van der Waals surface area contributed by atoms with E-state index in [1.807, 2.05) is 37.8 Å². The van der Waals surface area contributed by atoms with E-state index in [0.29, 0.717) is 6.54 Å². The normalized spacial score (nSPS) is 19.3. The van der Waals surface area contributed by atoms with Crippen molar-refractivity contribution in [3.8, 4) is 0 Å². The van der Waals surface area contributed by atoms with E-state index in [2.05, 4.69) is 12.2 Å². The molecule has 0 radical (unpaired) electrons. The molecule has 0 saturated heterocycles. The topological polar surface area (TPSA) is 45.5 Å². The number of carbonyl (C=O) groups is 1. The molecule has 1 amide bonds. The molecule has 2 heterocycles. The van der Waals surface area contributed by atoms with E-state index in [9.17, 15) is 4.79 Å². The van der Waals surface area contributed by atoms with Crippen LogP contribution in [0.15, 0.2) is 27.7 Å². The number of hydrogen-bond acceptors (Lipinski definition) is 3. The molecule has 0 saturated carbocycles. The summed E-state index contributed by atoms with van der Waals surface area (Å²) >= 11 is 0. The molecule has 1 aliphatic heterocycles. The maximum Gasteiger partial charge on any atom is 0.251 e. The smallest absolute Gasteiger partial charge is 0.251 e. The third kappa shape index (κ3) is 2.96. The maximum absolute atomic E-state index is 12.3. The summed E-state index contributed by atoms with van der Waals surface area (Å²) in [6.07, 6.45) is 2.12. The van der Waals surface area contributed by atoms with Crippen LogP contribution in [-0.4, -0.2) is 23.5 Å². The minimum absolute atomic E-state index is 0.000504. The molecule has 1 aromatic heterocycles. The summed E-state index contributed by atoms with van der Waals surface area (Å²) in [6, 6.07) is 3.93. The van der Waals surface area contributed by atoms with Crippen LogP contribution in [-0.2, 0) is 11.3 Å². The van der Waals surface area contributed by atoms with Gasteiger partial charge in [-0.15, -0.1) is 0 Å². The lowest BCUT2D eigenvalue weighted by Gasteiger charge is -2.27. The van der Waals surface area contributed by atoms with Crippen molar-refractivity contribution < 1.29 is 9.21 Å². The van der Waals surface area contributed by atoms with Crippen LogP contribution in [0.4, 0.5) is 0 Å². The van der Waals surface area contributed by atoms with E-state index >= 15 is 0 Å². The Morgan fingerprint density at radius 3 is 2.65 bits per heavy atom. The van der Waals surface area contributed by atoms with Gasteiger partial charge < -0.3 is 9.32 Å². The Kier molecular flexibility index (Phi) is 4.65. The van der Waals surface area contributed by atoms with E-state index in [4.69, 9.17) is 4.42 Å². The zero-order valence-corrected chi connectivity index (χ0v) is 12.8. The fourth-order valence-electron chi connectivity index (χ4n) is 2.54. The van der Waals surface area contributed by atoms with Crippen molar-refractivity contribution in [3.05, 3.63) is 34.8 Å². The van der Waals surface area contributed by atoms with Gasteiger partial charge >= 0.3 is 0 Å².